The van der Waals surface area contributed by atoms with Gasteiger partial charge in [0, 0.05) is 57.3 Å². The van der Waals surface area contributed by atoms with Crippen molar-refractivity contribution in [3.8, 4) is 22.6 Å². The first kappa shape index (κ1) is 31.5. The smallest absolute Gasteiger partial charge is 0.254 e. The second kappa shape index (κ2) is 15.2. The van der Waals surface area contributed by atoms with Crippen molar-refractivity contribution < 1.29 is 23.7 Å². The van der Waals surface area contributed by atoms with Crippen molar-refractivity contribution in [2.75, 3.05) is 47.1 Å². The van der Waals surface area contributed by atoms with Crippen LogP contribution in [0.4, 0.5) is 0 Å². The SMILES string of the molecule is COCCCOc1cc(C(=O)N(C[C@@H]2CNC[C@H]2OCc2cccc(-c3cc(C)ccc3C)c2)C(C)C)ccc1OC. The van der Waals surface area contributed by atoms with E-state index >= 15 is 0 Å². The van der Waals surface area contributed by atoms with E-state index in [-0.39, 0.29) is 24.0 Å². The highest BCUT2D eigenvalue weighted by Crippen LogP contribution is 2.30. The number of rotatable bonds is 14. The summed E-state index contributed by atoms with van der Waals surface area (Å²) in [5.74, 6) is 1.33. The number of methoxy groups -OCH3 is 2. The standard InChI is InChI=1S/C35H46N2O5/c1-24(2)37(35(38)29-13-14-32(40-6)33(19-29)41-16-8-15-39-5)22-30-20-36-21-34(30)42-23-27-9-7-10-28(18-27)31-17-25(3)11-12-26(31)4/h7,9-14,17-19,24,30,34,36H,8,15-16,20-23H2,1-6H3/t30-,34+/m0/s1. The molecule has 2 atom stereocenters. The molecule has 1 aliphatic heterocycles. The van der Waals surface area contributed by atoms with E-state index in [2.05, 4.69) is 75.5 Å². The molecule has 226 valence electrons. The highest BCUT2D eigenvalue weighted by atomic mass is 16.5. The van der Waals surface area contributed by atoms with Crippen LogP contribution in [0.2, 0.25) is 0 Å². The van der Waals surface area contributed by atoms with Crippen molar-refractivity contribution in [2.24, 2.45) is 5.92 Å². The lowest BCUT2D eigenvalue weighted by atomic mass is 9.97. The number of amides is 1. The summed E-state index contributed by atoms with van der Waals surface area (Å²) in [7, 11) is 3.27. The van der Waals surface area contributed by atoms with Gasteiger partial charge < -0.3 is 29.2 Å². The van der Waals surface area contributed by atoms with Crippen LogP contribution in [0.3, 0.4) is 0 Å². The van der Waals surface area contributed by atoms with Crippen molar-refractivity contribution >= 4 is 5.91 Å². The molecule has 7 heteroatoms. The molecule has 7 nitrogen and oxygen atoms in total. The Labute approximate surface area is 251 Å². The second-order valence-electron chi connectivity index (χ2n) is 11.4. The summed E-state index contributed by atoms with van der Waals surface area (Å²) in [5, 5.41) is 3.48. The number of ether oxygens (including phenoxy) is 4. The van der Waals surface area contributed by atoms with Crippen LogP contribution in [-0.4, -0.2) is 70.0 Å². The molecule has 1 amide bonds. The second-order valence-corrected chi connectivity index (χ2v) is 11.4. The molecule has 42 heavy (non-hydrogen) atoms. The Bertz CT molecular complexity index is 1320. The van der Waals surface area contributed by atoms with Crippen LogP contribution in [0, 0.1) is 19.8 Å². The lowest BCUT2D eigenvalue weighted by Gasteiger charge is -2.31. The highest BCUT2D eigenvalue weighted by Gasteiger charge is 2.32. The molecule has 0 spiro atoms. The van der Waals surface area contributed by atoms with Crippen molar-refractivity contribution in [2.45, 2.75) is 52.9 Å². The molecule has 1 heterocycles. The molecule has 4 rings (SSSR count). The minimum Gasteiger partial charge on any atom is -0.493 e. The molecule has 1 aliphatic rings. The van der Waals surface area contributed by atoms with Gasteiger partial charge in [0.25, 0.3) is 5.91 Å². The van der Waals surface area contributed by atoms with E-state index in [9.17, 15) is 4.79 Å². The first-order valence-corrected chi connectivity index (χ1v) is 14.9. The molecule has 3 aromatic carbocycles. The van der Waals surface area contributed by atoms with Crippen molar-refractivity contribution in [3.63, 3.8) is 0 Å². The monoisotopic (exact) mass is 574 g/mol. The van der Waals surface area contributed by atoms with Crippen LogP contribution in [0.15, 0.2) is 60.7 Å². The van der Waals surface area contributed by atoms with E-state index in [4.69, 9.17) is 18.9 Å². The Hall–Kier alpha value is -3.39. The minimum atomic E-state index is -0.0266. The molecule has 3 aromatic rings. The zero-order valence-electron chi connectivity index (χ0n) is 25.9. The van der Waals surface area contributed by atoms with E-state index in [1.165, 1.54) is 22.3 Å². The lowest BCUT2D eigenvalue weighted by molar-refractivity contribution is 0.0129. The number of nitrogens with zero attached hydrogens (tertiary/aromatic N) is 1. The summed E-state index contributed by atoms with van der Waals surface area (Å²) >= 11 is 0. The van der Waals surface area contributed by atoms with Crippen LogP contribution in [0.5, 0.6) is 11.5 Å². The van der Waals surface area contributed by atoms with E-state index in [1.54, 1.807) is 26.4 Å². The average molecular weight is 575 g/mol. The number of carbonyl (C=O) groups is 1. The van der Waals surface area contributed by atoms with E-state index < -0.39 is 0 Å². The zero-order valence-corrected chi connectivity index (χ0v) is 25.9. The summed E-state index contributed by atoms with van der Waals surface area (Å²) in [5.41, 5.74) is 6.70. The first-order valence-electron chi connectivity index (χ1n) is 14.9. The van der Waals surface area contributed by atoms with E-state index in [0.717, 1.165) is 25.1 Å². The predicted molar refractivity (Wildman–Crippen MR) is 167 cm³/mol. The molecule has 1 N–H and O–H groups in total. The third-order valence-electron chi connectivity index (χ3n) is 7.85. The summed E-state index contributed by atoms with van der Waals surface area (Å²) < 4.78 is 23.0. The fourth-order valence-corrected chi connectivity index (χ4v) is 5.42. The van der Waals surface area contributed by atoms with Gasteiger partial charge in [0.1, 0.15) is 0 Å². The van der Waals surface area contributed by atoms with Gasteiger partial charge in [-0.3, -0.25) is 4.79 Å². The number of benzene rings is 3. The largest absolute Gasteiger partial charge is 0.493 e. The molecule has 0 unspecified atom stereocenters. The molecule has 1 saturated heterocycles. The normalized spacial score (nSPS) is 16.5. The Morgan fingerprint density at radius 2 is 1.81 bits per heavy atom. The quantitative estimate of drug-likeness (QED) is 0.237. The summed E-state index contributed by atoms with van der Waals surface area (Å²) in [6.45, 7) is 12.2. The Morgan fingerprint density at radius 1 is 0.976 bits per heavy atom. The molecule has 0 saturated carbocycles. The fraction of sp³-hybridized carbons (Fsp3) is 0.457. The highest BCUT2D eigenvalue weighted by molar-refractivity contribution is 5.95. The van der Waals surface area contributed by atoms with Crippen molar-refractivity contribution in [1.29, 1.82) is 0 Å². The van der Waals surface area contributed by atoms with Crippen LogP contribution >= 0.6 is 0 Å². The van der Waals surface area contributed by atoms with Gasteiger partial charge >= 0.3 is 0 Å². The summed E-state index contributed by atoms with van der Waals surface area (Å²) in [6, 6.07) is 20.6. The Balaban J connectivity index is 1.42. The Kier molecular flexibility index (Phi) is 11.4. The van der Waals surface area contributed by atoms with E-state index in [1.807, 2.05) is 11.0 Å². The third kappa shape index (κ3) is 8.12. The number of aryl methyl sites for hydroxylation is 2. The fourth-order valence-electron chi connectivity index (χ4n) is 5.42. The average Bonchev–Trinajstić information content (AvgIpc) is 3.44. The third-order valence-corrected chi connectivity index (χ3v) is 7.85. The minimum absolute atomic E-state index is 0.0129. The lowest BCUT2D eigenvalue weighted by Crippen LogP contribution is -2.43. The maximum atomic E-state index is 13.8. The number of hydrogen-bond donors (Lipinski definition) is 1. The van der Waals surface area contributed by atoms with Crippen LogP contribution in [0.1, 0.15) is 47.3 Å². The van der Waals surface area contributed by atoms with Gasteiger partial charge in [-0.15, -0.1) is 0 Å². The molecule has 0 aliphatic carbocycles. The first-order chi connectivity index (χ1) is 20.3. The van der Waals surface area contributed by atoms with Gasteiger partial charge in [-0.25, -0.2) is 0 Å². The molecular weight excluding hydrogens is 528 g/mol. The molecular formula is C35H46N2O5. The van der Waals surface area contributed by atoms with Gasteiger partial charge in [0.05, 0.1) is 26.4 Å². The molecule has 0 radical (unpaired) electrons. The molecule has 1 fully saturated rings. The zero-order chi connectivity index (χ0) is 30.1. The summed E-state index contributed by atoms with van der Waals surface area (Å²) in [6.07, 6.45) is 0.765. The van der Waals surface area contributed by atoms with Crippen LogP contribution in [-0.2, 0) is 16.1 Å². The van der Waals surface area contributed by atoms with Gasteiger partial charge in [0.15, 0.2) is 11.5 Å². The molecule has 0 bridgehead atoms. The topological polar surface area (TPSA) is 69.3 Å². The number of nitrogens with one attached hydrogen (secondary N) is 1. The number of carbonyl (C=O) groups excluding carboxylic acids is 1. The maximum absolute atomic E-state index is 13.8. The van der Waals surface area contributed by atoms with E-state index in [0.29, 0.717) is 43.4 Å². The predicted octanol–water partition coefficient (Wildman–Crippen LogP) is 6.05. The molecule has 0 aromatic heterocycles. The van der Waals surface area contributed by atoms with Crippen LogP contribution in [0.25, 0.3) is 11.1 Å². The maximum Gasteiger partial charge on any atom is 0.254 e. The van der Waals surface area contributed by atoms with Gasteiger partial charge in [-0.05, 0) is 74.2 Å². The van der Waals surface area contributed by atoms with Gasteiger partial charge in [-0.1, -0.05) is 42.0 Å². The summed E-state index contributed by atoms with van der Waals surface area (Å²) in [4.78, 5) is 15.7. The Morgan fingerprint density at radius 3 is 2.57 bits per heavy atom. The van der Waals surface area contributed by atoms with Crippen molar-refractivity contribution in [1.82, 2.24) is 10.2 Å². The number of hydrogen-bond acceptors (Lipinski definition) is 6. The van der Waals surface area contributed by atoms with Crippen molar-refractivity contribution in [3.05, 3.63) is 82.9 Å². The van der Waals surface area contributed by atoms with Gasteiger partial charge in [-0.2, -0.15) is 0 Å². The van der Waals surface area contributed by atoms with Gasteiger partial charge in [0.2, 0.25) is 0 Å². The van der Waals surface area contributed by atoms with Crippen LogP contribution < -0.4 is 14.8 Å².